The molecule has 0 atom stereocenters. The summed E-state index contributed by atoms with van der Waals surface area (Å²) in [6.07, 6.45) is 5.42. The largest absolute Gasteiger partial charge is 0.353 e. The second-order valence-corrected chi connectivity index (χ2v) is 6.57. The predicted molar refractivity (Wildman–Crippen MR) is 101 cm³/mol. The summed E-state index contributed by atoms with van der Waals surface area (Å²) in [5, 5.41) is 0. The van der Waals surface area contributed by atoms with Crippen molar-refractivity contribution in [2.45, 2.75) is 6.92 Å². The van der Waals surface area contributed by atoms with Crippen molar-refractivity contribution in [2.24, 2.45) is 0 Å². The summed E-state index contributed by atoms with van der Waals surface area (Å²) in [6.45, 7) is 4.16. The van der Waals surface area contributed by atoms with Crippen molar-refractivity contribution in [3.05, 3.63) is 72.1 Å². The van der Waals surface area contributed by atoms with Gasteiger partial charge in [-0.15, -0.1) is 0 Å². The molecule has 1 aliphatic rings. The first-order valence-corrected chi connectivity index (χ1v) is 8.87. The zero-order valence-corrected chi connectivity index (χ0v) is 15.0. The van der Waals surface area contributed by atoms with Crippen molar-refractivity contribution in [1.29, 1.82) is 0 Å². The van der Waals surface area contributed by atoms with Crippen LogP contribution in [-0.4, -0.2) is 51.5 Å². The highest BCUT2D eigenvalue weighted by Gasteiger charge is 2.23. The molecule has 1 amide bonds. The van der Waals surface area contributed by atoms with Crippen LogP contribution in [0.25, 0.3) is 5.82 Å². The maximum atomic E-state index is 13.7. The number of nitrogens with zero attached hydrogens (tertiary/aromatic N) is 5. The lowest BCUT2D eigenvalue weighted by molar-refractivity contribution is 0.0746. The van der Waals surface area contributed by atoms with E-state index >= 15 is 0 Å². The highest BCUT2D eigenvalue weighted by atomic mass is 19.1. The minimum atomic E-state index is -0.349. The van der Waals surface area contributed by atoms with Gasteiger partial charge in [0.1, 0.15) is 23.8 Å². The van der Waals surface area contributed by atoms with Gasteiger partial charge < -0.3 is 14.4 Å². The van der Waals surface area contributed by atoms with Crippen molar-refractivity contribution in [2.75, 3.05) is 31.1 Å². The molecule has 138 valence electrons. The van der Waals surface area contributed by atoms with Crippen LogP contribution in [0.1, 0.15) is 15.9 Å². The van der Waals surface area contributed by atoms with Gasteiger partial charge in [0, 0.05) is 50.2 Å². The van der Waals surface area contributed by atoms with E-state index in [4.69, 9.17) is 0 Å². The molecule has 0 bridgehead atoms. The molecular formula is C20H20FN5O. The second kappa shape index (κ2) is 7.19. The third kappa shape index (κ3) is 3.53. The van der Waals surface area contributed by atoms with Crippen LogP contribution >= 0.6 is 0 Å². The number of carbonyl (C=O) groups excluding carboxylic acids is 1. The fourth-order valence-corrected chi connectivity index (χ4v) is 3.19. The van der Waals surface area contributed by atoms with Crippen LogP contribution < -0.4 is 4.90 Å². The van der Waals surface area contributed by atoms with Crippen LogP contribution in [0.4, 0.5) is 10.2 Å². The Morgan fingerprint density at radius 3 is 2.41 bits per heavy atom. The molecule has 1 fully saturated rings. The van der Waals surface area contributed by atoms with Gasteiger partial charge in [0.05, 0.1) is 0 Å². The number of carbonyl (C=O) groups is 1. The van der Waals surface area contributed by atoms with Crippen LogP contribution in [0.2, 0.25) is 0 Å². The van der Waals surface area contributed by atoms with E-state index in [1.54, 1.807) is 30.3 Å². The topological polar surface area (TPSA) is 54.3 Å². The molecule has 1 saturated heterocycles. The number of hydrogen-bond donors (Lipinski definition) is 0. The van der Waals surface area contributed by atoms with Crippen LogP contribution in [-0.2, 0) is 0 Å². The van der Waals surface area contributed by atoms with Crippen LogP contribution in [0.5, 0.6) is 0 Å². The zero-order valence-electron chi connectivity index (χ0n) is 15.0. The van der Waals surface area contributed by atoms with E-state index in [9.17, 15) is 9.18 Å². The Balaban J connectivity index is 1.44. The first-order valence-electron chi connectivity index (χ1n) is 8.87. The number of anilines is 1. The Morgan fingerprint density at radius 2 is 1.70 bits per heavy atom. The normalized spacial score (nSPS) is 14.4. The van der Waals surface area contributed by atoms with E-state index in [1.807, 2.05) is 35.2 Å². The van der Waals surface area contributed by atoms with E-state index in [2.05, 4.69) is 14.9 Å². The number of benzene rings is 1. The summed E-state index contributed by atoms with van der Waals surface area (Å²) in [7, 11) is 0. The molecular weight excluding hydrogens is 345 g/mol. The van der Waals surface area contributed by atoms with Gasteiger partial charge in [-0.2, -0.15) is 0 Å². The number of rotatable bonds is 3. The smallest absolute Gasteiger partial charge is 0.254 e. The fraction of sp³-hybridized carbons (Fsp3) is 0.250. The molecule has 6 nitrogen and oxygen atoms in total. The highest BCUT2D eigenvalue weighted by Crippen LogP contribution is 2.18. The number of piperazine rings is 1. The van der Waals surface area contributed by atoms with Crippen molar-refractivity contribution < 1.29 is 9.18 Å². The monoisotopic (exact) mass is 365 g/mol. The number of aromatic nitrogens is 3. The average molecular weight is 365 g/mol. The molecule has 1 aliphatic heterocycles. The van der Waals surface area contributed by atoms with E-state index < -0.39 is 0 Å². The number of hydrogen-bond acceptors (Lipinski definition) is 4. The fourth-order valence-electron chi connectivity index (χ4n) is 3.19. The summed E-state index contributed by atoms with van der Waals surface area (Å²) >= 11 is 0. The summed E-state index contributed by atoms with van der Waals surface area (Å²) < 4.78 is 15.7. The van der Waals surface area contributed by atoms with E-state index in [0.717, 1.165) is 11.6 Å². The first-order chi connectivity index (χ1) is 13.1. The van der Waals surface area contributed by atoms with Crippen LogP contribution in [0.15, 0.2) is 55.1 Å². The summed E-state index contributed by atoms with van der Waals surface area (Å²) in [5.74, 6) is 1.16. The number of halogens is 1. The zero-order chi connectivity index (χ0) is 18.8. The highest BCUT2D eigenvalue weighted by molar-refractivity contribution is 5.94. The minimum absolute atomic E-state index is 0.135. The van der Waals surface area contributed by atoms with E-state index in [1.165, 1.54) is 6.07 Å². The lowest BCUT2D eigenvalue weighted by atomic mass is 10.1. The molecule has 4 rings (SSSR count). The first kappa shape index (κ1) is 17.2. The molecule has 1 aromatic carbocycles. The van der Waals surface area contributed by atoms with Crippen molar-refractivity contribution in [1.82, 2.24) is 19.4 Å². The average Bonchev–Trinajstić information content (AvgIpc) is 3.25. The third-order valence-corrected chi connectivity index (χ3v) is 4.82. The maximum absolute atomic E-state index is 13.7. The molecule has 0 aliphatic carbocycles. The number of amides is 1. The number of aryl methyl sites for hydroxylation is 1. The van der Waals surface area contributed by atoms with Crippen LogP contribution in [0, 0.1) is 12.7 Å². The van der Waals surface area contributed by atoms with Gasteiger partial charge in [-0.1, -0.05) is 6.07 Å². The van der Waals surface area contributed by atoms with Crippen molar-refractivity contribution >= 4 is 11.7 Å². The summed E-state index contributed by atoms with van der Waals surface area (Å²) in [5.41, 5.74) is 0.933. The Morgan fingerprint density at radius 1 is 1.00 bits per heavy atom. The Bertz CT molecular complexity index is 949. The van der Waals surface area contributed by atoms with Gasteiger partial charge in [0.25, 0.3) is 5.91 Å². The van der Waals surface area contributed by atoms with Crippen molar-refractivity contribution in [3.63, 3.8) is 0 Å². The van der Waals surface area contributed by atoms with Gasteiger partial charge in [-0.25, -0.2) is 14.4 Å². The molecule has 3 aromatic rings. The standard InChI is InChI=1S/C20H20FN5O/c1-15-4-5-16(12-17(15)21)20(27)26-10-8-25(9-11-26)19-13-18(22-14-23-19)24-6-2-3-7-24/h2-7,12-14H,8-11H2,1H3. The van der Waals surface area contributed by atoms with Gasteiger partial charge in [0.2, 0.25) is 0 Å². The molecule has 0 radical (unpaired) electrons. The molecule has 0 saturated carbocycles. The van der Waals surface area contributed by atoms with E-state index in [-0.39, 0.29) is 11.7 Å². The molecule has 7 heteroatoms. The van der Waals surface area contributed by atoms with Gasteiger partial charge in [0.15, 0.2) is 0 Å². The SMILES string of the molecule is Cc1ccc(C(=O)N2CCN(c3cc(-n4cccc4)ncn3)CC2)cc1F. The maximum Gasteiger partial charge on any atom is 0.254 e. The third-order valence-electron chi connectivity index (χ3n) is 4.82. The lowest BCUT2D eigenvalue weighted by Crippen LogP contribution is -2.49. The van der Waals surface area contributed by atoms with Crippen LogP contribution in [0.3, 0.4) is 0 Å². The summed E-state index contributed by atoms with van der Waals surface area (Å²) in [4.78, 5) is 25.2. The van der Waals surface area contributed by atoms with Gasteiger partial charge in [-0.3, -0.25) is 4.79 Å². The minimum Gasteiger partial charge on any atom is -0.353 e. The van der Waals surface area contributed by atoms with Gasteiger partial charge in [-0.05, 0) is 36.8 Å². The molecule has 0 unspecified atom stereocenters. The Kier molecular flexibility index (Phi) is 4.58. The quantitative estimate of drug-likeness (QED) is 0.716. The molecule has 27 heavy (non-hydrogen) atoms. The van der Waals surface area contributed by atoms with Crippen molar-refractivity contribution in [3.8, 4) is 5.82 Å². The molecule has 3 heterocycles. The van der Waals surface area contributed by atoms with E-state index in [0.29, 0.717) is 37.3 Å². The Hall–Kier alpha value is -3.22. The Labute approximate surface area is 156 Å². The predicted octanol–water partition coefficient (Wildman–Crippen LogP) is 2.68. The molecule has 0 spiro atoms. The molecule has 0 N–H and O–H groups in total. The molecule has 2 aromatic heterocycles. The summed E-state index contributed by atoms with van der Waals surface area (Å²) in [6, 6.07) is 10.5. The van der Waals surface area contributed by atoms with Gasteiger partial charge >= 0.3 is 0 Å². The lowest BCUT2D eigenvalue weighted by Gasteiger charge is -2.35. The second-order valence-electron chi connectivity index (χ2n) is 6.57.